The topological polar surface area (TPSA) is 55.4 Å². The molecular weight excluding hydrogens is 382 g/mol. The lowest BCUT2D eigenvalue weighted by Gasteiger charge is -2.15. The van der Waals surface area contributed by atoms with Gasteiger partial charge in [-0.1, -0.05) is 48.5 Å². The SMILES string of the molecule is COc1ccc2c(c1)CCc1ccccc1C2=Cc1ccccc1NS(C)(=O)=O. The normalized spacial score (nSPS) is 14.6. The third kappa shape index (κ3) is 4.20. The van der Waals surface area contributed by atoms with Crippen LogP contribution in [0.1, 0.15) is 27.8 Å². The van der Waals surface area contributed by atoms with Gasteiger partial charge in [-0.15, -0.1) is 0 Å². The number of fused-ring (bicyclic) bond motifs is 2. The molecule has 0 aliphatic heterocycles. The van der Waals surface area contributed by atoms with Crippen molar-refractivity contribution in [1.29, 1.82) is 0 Å². The van der Waals surface area contributed by atoms with Gasteiger partial charge in [-0.05, 0) is 70.5 Å². The van der Waals surface area contributed by atoms with Gasteiger partial charge in [0, 0.05) is 0 Å². The van der Waals surface area contributed by atoms with Gasteiger partial charge < -0.3 is 4.74 Å². The first-order valence-electron chi connectivity index (χ1n) is 9.49. The zero-order valence-electron chi connectivity index (χ0n) is 16.5. The summed E-state index contributed by atoms with van der Waals surface area (Å²) in [5.41, 5.74) is 7.29. The van der Waals surface area contributed by atoms with Crippen LogP contribution in [0.3, 0.4) is 0 Å². The smallest absolute Gasteiger partial charge is 0.229 e. The third-order valence-corrected chi connectivity index (χ3v) is 5.72. The fourth-order valence-corrected chi connectivity index (χ4v) is 4.39. The van der Waals surface area contributed by atoms with E-state index in [1.54, 1.807) is 13.2 Å². The molecule has 4 nitrogen and oxygen atoms in total. The quantitative estimate of drug-likeness (QED) is 0.681. The Morgan fingerprint density at radius 2 is 1.59 bits per heavy atom. The van der Waals surface area contributed by atoms with Gasteiger partial charge >= 0.3 is 0 Å². The molecule has 0 bridgehead atoms. The number of hydrogen-bond donors (Lipinski definition) is 1. The molecule has 4 rings (SSSR count). The van der Waals surface area contributed by atoms with Crippen molar-refractivity contribution < 1.29 is 13.2 Å². The molecule has 5 heteroatoms. The van der Waals surface area contributed by atoms with Crippen LogP contribution in [0.2, 0.25) is 0 Å². The minimum Gasteiger partial charge on any atom is -0.497 e. The number of para-hydroxylation sites is 1. The average molecular weight is 406 g/mol. The summed E-state index contributed by atoms with van der Waals surface area (Å²) < 4.78 is 31.7. The number of ether oxygens (including phenoxy) is 1. The summed E-state index contributed by atoms with van der Waals surface area (Å²) >= 11 is 0. The minimum absolute atomic E-state index is 0.569. The van der Waals surface area contributed by atoms with Gasteiger partial charge in [0.1, 0.15) is 5.75 Å². The first-order valence-corrected chi connectivity index (χ1v) is 11.4. The maximum atomic E-state index is 11.8. The summed E-state index contributed by atoms with van der Waals surface area (Å²) in [4.78, 5) is 0. The molecule has 0 aromatic heterocycles. The van der Waals surface area contributed by atoms with Crippen LogP contribution >= 0.6 is 0 Å². The van der Waals surface area contributed by atoms with Crippen LogP contribution in [-0.2, 0) is 22.9 Å². The van der Waals surface area contributed by atoms with Gasteiger partial charge in [0.15, 0.2) is 0 Å². The van der Waals surface area contributed by atoms with Crippen molar-refractivity contribution >= 4 is 27.4 Å². The highest BCUT2D eigenvalue weighted by molar-refractivity contribution is 7.92. The van der Waals surface area contributed by atoms with Gasteiger partial charge in [0.25, 0.3) is 0 Å². The molecule has 3 aromatic carbocycles. The monoisotopic (exact) mass is 405 g/mol. The second kappa shape index (κ2) is 7.76. The Kier molecular flexibility index (Phi) is 5.16. The second-order valence-electron chi connectivity index (χ2n) is 7.20. The number of nitrogens with one attached hydrogen (secondary N) is 1. The van der Waals surface area contributed by atoms with Gasteiger partial charge in [-0.2, -0.15) is 0 Å². The molecule has 1 aliphatic rings. The molecule has 1 aliphatic carbocycles. The highest BCUT2D eigenvalue weighted by Gasteiger charge is 2.19. The van der Waals surface area contributed by atoms with E-state index in [2.05, 4.69) is 41.1 Å². The van der Waals surface area contributed by atoms with E-state index < -0.39 is 10.0 Å². The van der Waals surface area contributed by atoms with Crippen molar-refractivity contribution in [1.82, 2.24) is 0 Å². The van der Waals surface area contributed by atoms with Crippen molar-refractivity contribution in [2.24, 2.45) is 0 Å². The van der Waals surface area contributed by atoms with Crippen LogP contribution in [0.5, 0.6) is 5.75 Å². The van der Waals surface area contributed by atoms with Crippen molar-refractivity contribution in [2.75, 3.05) is 18.1 Å². The van der Waals surface area contributed by atoms with Gasteiger partial charge in [-0.3, -0.25) is 4.72 Å². The minimum atomic E-state index is -3.37. The number of anilines is 1. The van der Waals surface area contributed by atoms with Crippen LogP contribution < -0.4 is 9.46 Å². The summed E-state index contributed by atoms with van der Waals surface area (Å²) in [6, 6.07) is 22.0. The zero-order chi connectivity index (χ0) is 20.4. The van der Waals surface area contributed by atoms with E-state index in [4.69, 9.17) is 4.74 Å². The highest BCUT2D eigenvalue weighted by atomic mass is 32.2. The summed E-state index contributed by atoms with van der Waals surface area (Å²) in [7, 11) is -1.70. The van der Waals surface area contributed by atoms with Crippen LogP contribution in [-0.4, -0.2) is 21.8 Å². The maximum Gasteiger partial charge on any atom is 0.229 e. The van der Waals surface area contributed by atoms with Crippen molar-refractivity contribution in [3.05, 3.63) is 94.5 Å². The van der Waals surface area contributed by atoms with E-state index in [1.807, 2.05) is 30.3 Å². The van der Waals surface area contributed by atoms with E-state index in [0.717, 1.165) is 35.3 Å². The second-order valence-corrected chi connectivity index (χ2v) is 8.95. The molecule has 3 aromatic rings. The first-order chi connectivity index (χ1) is 13.9. The maximum absolute atomic E-state index is 11.8. The molecule has 0 saturated heterocycles. The first kappa shape index (κ1) is 19.3. The molecule has 1 N–H and O–H groups in total. The fourth-order valence-electron chi connectivity index (χ4n) is 3.81. The van der Waals surface area contributed by atoms with E-state index in [1.165, 1.54) is 22.9 Å². The van der Waals surface area contributed by atoms with Gasteiger partial charge in [-0.25, -0.2) is 8.42 Å². The number of hydrogen-bond acceptors (Lipinski definition) is 3. The van der Waals surface area contributed by atoms with E-state index in [-0.39, 0.29) is 0 Å². The predicted molar refractivity (Wildman–Crippen MR) is 119 cm³/mol. The predicted octanol–water partition coefficient (Wildman–Crippen LogP) is 4.75. The fraction of sp³-hybridized carbons (Fsp3) is 0.167. The van der Waals surface area contributed by atoms with E-state index in [9.17, 15) is 8.42 Å². The molecule has 0 spiro atoms. The summed E-state index contributed by atoms with van der Waals surface area (Å²) in [6.07, 6.45) is 5.10. The Bertz CT molecular complexity index is 1200. The molecular formula is C24H23NO3S. The Hall–Kier alpha value is -3.05. The standard InChI is InChI=1S/C24H23NO3S/c1-28-20-13-14-22-18(15-20)12-11-17-7-3-5-9-21(17)23(22)16-19-8-4-6-10-24(19)25-29(2,26)27/h3-10,13-16,25H,11-12H2,1-2H3. The number of sulfonamides is 1. The van der Waals surface area contributed by atoms with Crippen molar-refractivity contribution in [2.45, 2.75) is 12.8 Å². The molecule has 0 heterocycles. The van der Waals surface area contributed by atoms with E-state index in [0.29, 0.717) is 5.69 Å². The number of rotatable bonds is 4. The van der Waals surface area contributed by atoms with Gasteiger partial charge in [0.05, 0.1) is 19.1 Å². The summed E-state index contributed by atoms with van der Waals surface area (Å²) in [6.45, 7) is 0. The largest absolute Gasteiger partial charge is 0.497 e. The van der Waals surface area contributed by atoms with Crippen molar-refractivity contribution in [3.8, 4) is 5.75 Å². The van der Waals surface area contributed by atoms with Crippen LogP contribution in [0, 0.1) is 0 Å². The molecule has 29 heavy (non-hydrogen) atoms. The Morgan fingerprint density at radius 1 is 0.897 bits per heavy atom. The van der Waals surface area contributed by atoms with Crippen LogP contribution in [0.4, 0.5) is 5.69 Å². The lowest BCUT2D eigenvalue weighted by atomic mass is 9.92. The zero-order valence-corrected chi connectivity index (χ0v) is 17.3. The lowest BCUT2D eigenvalue weighted by Crippen LogP contribution is -2.10. The molecule has 0 saturated carbocycles. The summed E-state index contributed by atoms with van der Waals surface area (Å²) in [5, 5.41) is 0. The van der Waals surface area contributed by atoms with Crippen LogP contribution in [0.15, 0.2) is 66.7 Å². The molecule has 0 unspecified atom stereocenters. The Balaban J connectivity index is 1.94. The Labute approximate surface area is 171 Å². The highest BCUT2D eigenvalue weighted by Crippen LogP contribution is 2.37. The molecule has 0 amide bonds. The summed E-state index contributed by atoms with van der Waals surface area (Å²) in [5.74, 6) is 0.841. The molecule has 0 atom stereocenters. The lowest BCUT2D eigenvalue weighted by molar-refractivity contribution is 0.414. The molecule has 0 fully saturated rings. The number of aryl methyl sites for hydroxylation is 2. The molecule has 0 radical (unpaired) electrons. The number of methoxy groups -OCH3 is 1. The molecule has 148 valence electrons. The third-order valence-electron chi connectivity index (χ3n) is 5.13. The van der Waals surface area contributed by atoms with Crippen LogP contribution in [0.25, 0.3) is 11.6 Å². The van der Waals surface area contributed by atoms with Gasteiger partial charge in [0.2, 0.25) is 10.0 Å². The van der Waals surface area contributed by atoms with Crippen molar-refractivity contribution in [3.63, 3.8) is 0 Å². The average Bonchev–Trinajstić information content (AvgIpc) is 2.85. The Morgan fingerprint density at radius 3 is 2.38 bits per heavy atom. The van der Waals surface area contributed by atoms with E-state index >= 15 is 0 Å². The number of benzene rings is 3.